The Hall–Kier alpha value is -0.700. The van der Waals surface area contributed by atoms with Crippen molar-refractivity contribution in [3.63, 3.8) is 0 Å². The second kappa shape index (κ2) is 4.44. The third-order valence-electron chi connectivity index (χ3n) is 2.69. The quantitative estimate of drug-likeness (QED) is 0.819. The molecule has 0 aliphatic heterocycles. The maximum atomic E-state index is 13.4. The Kier molecular flexibility index (Phi) is 3.19. The molecule has 0 saturated heterocycles. The zero-order chi connectivity index (χ0) is 10.8. The molecule has 0 aromatic heterocycles. The number of hydrogen-bond donors (Lipinski definition) is 0. The third-order valence-corrected chi connectivity index (χ3v) is 3.18. The van der Waals surface area contributed by atoms with Crippen LogP contribution in [-0.4, -0.2) is 5.78 Å². The van der Waals surface area contributed by atoms with Crippen molar-refractivity contribution in [3.8, 4) is 0 Å². The minimum Gasteiger partial charge on any atom is -0.299 e. The van der Waals surface area contributed by atoms with E-state index in [2.05, 4.69) is 15.9 Å². The number of benzene rings is 1. The van der Waals surface area contributed by atoms with Gasteiger partial charge in [0.05, 0.1) is 0 Å². The second-order valence-electron chi connectivity index (χ2n) is 3.98. The van der Waals surface area contributed by atoms with E-state index in [4.69, 9.17) is 0 Å². The zero-order valence-electron chi connectivity index (χ0n) is 8.30. The molecule has 1 aliphatic carbocycles. The van der Waals surface area contributed by atoms with Gasteiger partial charge in [-0.2, -0.15) is 0 Å². The van der Waals surface area contributed by atoms with Crippen molar-refractivity contribution in [1.82, 2.24) is 0 Å². The largest absolute Gasteiger partial charge is 0.299 e. The number of rotatable bonds is 4. The number of halogens is 2. The summed E-state index contributed by atoms with van der Waals surface area (Å²) in [4.78, 5) is 11.4. The molecule has 0 N–H and O–H groups in total. The van der Waals surface area contributed by atoms with Crippen LogP contribution in [0.15, 0.2) is 22.7 Å². The third kappa shape index (κ3) is 2.88. The van der Waals surface area contributed by atoms with Crippen LogP contribution < -0.4 is 0 Å². The van der Waals surface area contributed by atoms with Crippen molar-refractivity contribution in [2.75, 3.05) is 0 Å². The highest BCUT2D eigenvalue weighted by atomic mass is 79.9. The number of carbonyl (C=O) groups excluding carboxylic acids is 1. The molecule has 1 aromatic rings. The summed E-state index contributed by atoms with van der Waals surface area (Å²) in [5.41, 5.74) is 0.632. The molecule has 1 nitrogen and oxygen atoms in total. The van der Waals surface area contributed by atoms with E-state index in [9.17, 15) is 9.18 Å². The smallest absolute Gasteiger partial charge is 0.136 e. The summed E-state index contributed by atoms with van der Waals surface area (Å²) < 4.78 is 14.1. The molecule has 0 amide bonds. The lowest BCUT2D eigenvalue weighted by atomic mass is 10.1. The maximum Gasteiger partial charge on any atom is 0.136 e. The van der Waals surface area contributed by atoms with E-state index in [0.717, 1.165) is 17.3 Å². The molecule has 0 heterocycles. The number of carbonyl (C=O) groups is 1. The fourth-order valence-corrected chi connectivity index (χ4v) is 1.92. The molecule has 1 fully saturated rings. The SMILES string of the molecule is O=C(CCc1ccc(Br)cc1F)C1CC1. The zero-order valence-corrected chi connectivity index (χ0v) is 9.89. The van der Waals surface area contributed by atoms with E-state index in [-0.39, 0.29) is 17.5 Å². The van der Waals surface area contributed by atoms with Crippen molar-refractivity contribution in [2.45, 2.75) is 25.7 Å². The first-order chi connectivity index (χ1) is 7.16. The fraction of sp³-hybridized carbons (Fsp3) is 0.417. The summed E-state index contributed by atoms with van der Waals surface area (Å²) in [6, 6.07) is 4.98. The van der Waals surface area contributed by atoms with Crippen molar-refractivity contribution in [1.29, 1.82) is 0 Å². The molecule has 15 heavy (non-hydrogen) atoms. The highest BCUT2D eigenvalue weighted by molar-refractivity contribution is 9.10. The molecule has 80 valence electrons. The van der Waals surface area contributed by atoms with Gasteiger partial charge in [-0.05, 0) is 37.0 Å². The lowest BCUT2D eigenvalue weighted by Crippen LogP contribution is -2.03. The molecule has 0 spiro atoms. The van der Waals surface area contributed by atoms with Crippen LogP contribution in [-0.2, 0) is 11.2 Å². The Balaban J connectivity index is 1.95. The molecule has 3 heteroatoms. The van der Waals surface area contributed by atoms with Gasteiger partial charge in [0.25, 0.3) is 0 Å². The molecular weight excluding hydrogens is 259 g/mol. The average Bonchev–Trinajstić information content (AvgIpc) is 2.99. The van der Waals surface area contributed by atoms with Gasteiger partial charge in [0.15, 0.2) is 0 Å². The van der Waals surface area contributed by atoms with Gasteiger partial charge < -0.3 is 0 Å². The van der Waals surface area contributed by atoms with Crippen LogP contribution in [0.25, 0.3) is 0 Å². The lowest BCUT2D eigenvalue weighted by molar-refractivity contribution is -0.120. The van der Waals surface area contributed by atoms with E-state index in [0.29, 0.717) is 18.4 Å². The number of hydrogen-bond acceptors (Lipinski definition) is 1. The van der Waals surface area contributed by atoms with E-state index in [1.807, 2.05) is 0 Å². The van der Waals surface area contributed by atoms with Crippen LogP contribution in [0.2, 0.25) is 0 Å². The normalized spacial score (nSPS) is 15.3. The number of Topliss-reactive ketones (excluding diaryl/α,β-unsaturated/α-hetero) is 1. The second-order valence-corrected chi connectivity index (χ2v) is 4.89. The predicted octanol–water partition coefficient (Wildman–Crippen LogP) is 3.50. The summed E-state index contributed by atoms with van der Waals surface area (Å²) in [7, 11) is 0. The van der Waals surface area contributed by atoms with Crippen molar-refractivity contribution < 1.29 is 9.18 Å². The fourth-order valence-electron chi connectivity index (χ4n) is 1.59. The Bertz CT molecular complexity index is 385. The Labute approximate surface area is 96.8 Å². The standard InChI is InChI=1S/C12H12BrFO/c13-10-5-3-8(11(14)7-10)4-6-12(15)9-1-2-9/h3,5,7,9H,1-2,4,6H2. The van der Waals surface area contributed by atoms with Crippen molar-refractivity contribution in [2.24, 2.45) is 5.92 Å². The van der Waals surface area contributed by atoms with Gasteiger partial charge in [0.2, 0.25) is 0 Å². The van der Waals surface area contributed by atoms with Gasteiger partial charge in [-0.1, -0.05) is 22.0 Å². The summed E-state index contributed by atoms with van der Waals surface area (Å²) in [5.74, 6) is 0.341. The minimum absolute atomic E-state index is 0.229. The first-order valence-electron chi connectivity index (χ1n) is 5.13. The van der Waals surface area contributed by atoms with E-state index in [1.54, 1.807) is 12.1 Å². The summed E-state index contributed by atoms with van der Waals surface area (Å²) in [5, 5.41) is 0. The molecule has 2 rings (SSSR count). The van der Waals surface area contributed by atoms with Gasteiger partial charge in [-0.3, -0.25) is 4.79 Å². The van der Waals surface area contributed by atoms with Crippen LogP contribution in [0.5, 0.6) is 0 Å². The number of aryl methyl sites for hydroxylation is 1. The molecular formula is C12H12BrFO. The predicted molar refractivity (Wildman–Crippen MR) is 60.2 cm³/mol. The molecule has 1 aromatic carbocycles. The highest BCUT2D eigenvalue weighted by Crippen LogP contribution is 2.31. The Morgan fingerprint density at radius 2 is 2.20 bits per heavy atom. The number of ketones is 1. The van der Waals surface area contributed by atoms with Crippen molar-refractivity contribution in [3.05, 3.63) is 34.1 Å². The van der Waals surface area contributed by atoms with E-state index >= 15 is 0 Å². The van der Waals surface area contributed by atoms with E-state index in [1.165, 1.54) is 6.07 Å². The minimum atomic E-state index is -0.229. The molecule has 0 atom stereocenters. The summed E-state index contributed by atoms with van der Waals surface area (Å²) >= 11 is 3.20. The Morgan fingerprint density at radius 1 is 1.47 bits per heavy atom. The topological polar surface area (TPSA) is 17.1 Å². The van der Waals surface area contributed by atoms with Gasteiger partial charge in [0.1, 0.15) is 11.6 Å². The van der Waals surface area contributed by atoms with Gasteiger partial charge in [-0.15, -0.1) is 0 Å². The van der Waals surface area contributed by atoms with Crippen LogP contribution in [0.3, 0.4) is 0 Å². The monoisotopic (exact) mass is 270 g/mol. The van der Waals surface area contributed by atoms with Crippen LogP contribution in [0.4, 0.5) is 4.39 Å². The van der Waals surface area contributed by atoms with Crippen molar-refractivity contribution >= 4 is 21.7 Å². The van der Waals surface area contributed by atoms with E-state index < -0.39 is 0 Å². The van der Waals surface area contributed by atoms with Gasteiger partial charge in [0, 0.05) is 16.8 Å². The molecule has 0 bridgehead atoms. The molecule has 1 aliphatic rings. The van der Waals surface area contributed by atoms with Gasteiger partial charge in [-0.25, -0.2) is 4.39 Å². The summed E-state index contributed by atoms with van der Waals surface area (Å²) in [6.07, 6.45) is 3.06. The first kappa shape index (κ1) is 10.8. The molecule has 0 radical (unpaired) electrons. The Morgan fingerprint density at radius 3 is 2.80 bits per heavy atom. The maximum absolute atomic E-state index is 13.4. The van der Waals surface area contributed by atoms with Crippen LogP contribution in [0, 0.1) is 11.7 Å². The van der Waals surface area contributed by atoms with Crippen LogP contribution >= 0.6 is 15.9 Å². The average molecular weight is 271 g/mol. The lowest BCUT2D eigenvalue weighted by Gasteiger charge is -2.02. The molecule has 0 unspecified atom stereocenters. The first-order valence-corrected chi connectivity index (χ1v) is 5.93. The summed E-state index contributed by atoms with van der Waals surface area (Å²) in [6.45, 7) is 0. The van der Waals surface area contributed by atoms with Gasteiger partial charge >= 0.3 is 0 Å². The molecule has 1 saturated carbocycles. The van der Waals surface area contributed by atoms with Crippen LogP contribution in [0.1, 0.15) is 24.8 Å². The highest BCUT2D eigenvalue weighted by Gasteiger charge is 2.28.